The molecule has 0 fully saturated rings. The van der Waals surface area contributed by atoms with Crippen molar-refractivity contribution in [3.63, 3.8) is 0 Å². The van der Waals surface area contributed by atoms with Gasteiger partial charge in [0.05, 0.1) is 12.7 Å². The fourth-order valence-corrected chi connectivity index (χ4v) is 3.52. The maximum atomic E-state index is 10.8. The molecule has 3 atom stereocenters. The fourth-order valence-electron chi connectivity index (χ4n) is 2.87. The second-order valence-corrected chi connectivity index (χ2v) is 13.3. The third kappa shape index (κ3) is 46.6. The van der Waals surface area contributed by atoms with Gasteiger partial charge in [0, 0.05) is 40.0 Å². The van der Waals surface area contributed by atoms with Crippen LogP contribution in [-0.4, -0.2) is 24.9 Å². The zero-order valence-electron chi connectivity index (χ0n) is 23.0. The van der Waals surface area contributed by atoms with E-state index in [1.807, 2.05) is 25.1 Å². The van der Waals surface area contributed by atoms with Crippen LogP contribution < -0.4 is 0 Å². The summed E-state index contributed by atoms with van der Waals surface area (Å²) in [7, 11) is -1.50. The molecule has 8 nitrogen and oxygen atoms in total. The first-order valence-corrected chi connectivity index (χ1v) is 14.3. The van der Waals surface area contributed by atoms with E-state index in [4.69, 9.17) is 32.6 Å². The van der Waals surface area contributed by atoms with Gasteiger partial charge in [-0.1, -0.05) is 82.6 Å². The average molecular weight is 647 g/mol. The van der Waals surface area contributed by atoms with Gasteiger partial charge >= 0.3 is 67.8 Å². The molecule has 0 heterocycles. The summed E-state index contributed by atoms with van der Waals surface area (Å²) in [4.78, 5) is 0. The van der Waals surface area contributed by atoms with E-state index in [1.165, 1.54) is 18.4 Å². The number of ether oxygens (including phenoxy) is 1. The van der Waals surface area contributed by atoms with Crippen LogP contribution in [0.15, 0.2) is 30.3 Å². The van der Waals surface area contributed by atoms with Crippen LogP contribution in [0.2, 0.25) is 19.6 Å². The molecule has 1 N–H and O–H groups in total. The third-order valence-corrected chi connectivity index (χ3v) is 4.98. The predicted molar refractivity (Wildman–Crippen MR) is 134 cm³/mol. The summed E-state index contributed by atoms with van der Waals surface area (Å²) in [5.41, 5.74) is 3.48. The molecule has 0 bridgehead atoms. The van der Waals surface area contributed by atoms with Crippen molar-refractivity contribution in [2.45, 2.75) is 84.4 Å². The molecule has 1 rings (SSSR count). The Bertz CT molecular complexity index is 768. The van der Waals surface area contributed by atoms with E-state index in [0.717, 1.165) is 6.42 Å². The minimum absolute atomic E-state index is 0. The Morgan fingerprint density at radius 3 is 1.64 bits per heavy atom. The zero-order chi connectivity index (χ0) is 30.9. The summed E-state index contributed by atoms with van der Waals surface area (Å²) < 4.78 is 51.2. The average Bonchev–Trinajstić information content (AvgIpc) is 2.93. The smallest absolute Gasteiger partial charge is 0 e. The van der Waals surface area contributed by atoms with Gasteiger partial charge in [-0.25, -0.2) is 0 Å². The molecule has 1 unspecified atom stereocenters. The molecule has 0 aliphatic carbocycles. The van der Waals surface area contributed by atoms with Crippen molar-refractivity contribution in [1.82, 2.24) is 0 Å². The van der Waals surface area contributed by atoms with Gasteiger partial charge in [-0.15, -0.1) is 5.54 Å². The maximum absolute atomic E-state index is 10.8. The summed E-state index contributed by atoms with van der Waals surface area (Å²) >= 11 is 0. The molecule has 0 aliphatic heterocycles. The van der Waals surface area contributed by atoms with Crippen LogP contribution in [0.25, 0.3) is 0 Å². The van der Waals surface area contributed by atoms with Crippen LogP contribution in [0, 0.1) is 57.3 Å². The molecule has 0 spiro atoms. The Morgan fingerprint density at radius 1 is 0.872 bits per heavy atom. The number of benzene rings is 1. The molecule has 2 radical (unpaired) electrons. The molecule has 0 saturated carbocycles. The van der Waals surface area contributed by atoms with Gasteiger partial charge in [0.25, 0.3) is 0 Å². The molecule has 39 heavy (non-hydrogen) atoms. The zero-order valence-corrected chi connectivity index (χ0v) is 26.1. The Kier molecular flexibility index (Phi) is 63.8. The Morgan fingerprint density at radius 2 is 1.28 bits per heavy atom. The van der Waals surface area contributed by atoms with Crippen molar-refractivity contribution in [3.8, 4) is 11.5 Å². The fraction of sp³-hybridized carbons (Fsp3) is 0.500. The monoisotopic (exact) mass is 646 g/mol. The standard InChI is InChI=1S/C22H36O2Si.6CO.2Co/c1-7-11-19(2)16-21(24-18-20-12-9-8-10-13-20)17-22(3,23)14-15-25(4,5)6;6*1-2;;/h8-10,12-13,19,21,23H,7,11,16-18H2,1-6H3;;;;;;;;/t19-,21+,22?;;;;;;;;/m0......../s1. The van der Waals surface area contributed by atoms with Crippen molar-refractivity contribution in [1.29, 1.82) is 0 Å². The number of rotatable bonds is 9. The normalized spacial score (nSPS) is 10.8. The van der Waals surface area contributed by atoms with E-state index >= 15 is 0 Å². The SMILES string of the molecule is CCC[C@H](C)C[C@H](CC(C)(O)C#C[Si](C)(C)C)OCc1ccccc1.[C-]#[O+].[C-]#[O+].[C-]#[O+].[C-]#[O+].[C-]#[O+].[C-]#[O+].[Co].[Co]. The summed E-state index contributed by atoms with van der Waals surface area (Å²) in [5, 5.41) is 10.8. The number of hydrogen-bond donors (Lipinski definition) is 1. The van der Waals surface area contributed by atoms with E-state index in [0.29, 0.717) is 18.9 Å². The molecule has 0 aliphatic rings. The quantitative estimate of drug-likeness (QED) is 0.170. The van der Waals surface area contributed by atoms with Crippen LogP contribution in [0.4, 0.5) is 0 Å². The van der Waals surface area contributed by atoms with E-state index in [-0.39, 0.29) is 39.7 Å². The molecular formula is C28H36Co2O8Si. The van der Waals surface area contributed by atoms with Gasteiger partial charge in [-0.2, -0.15) is 0 Å². The van der Waals surface area contributed by atoms with Crippen molar-refractivity contribution >= 4 is 8.07 Å². The van der Waals surface area contributed by atoms with Crippen molar-refractivity contribution in [3.05, 3.63) is 75.8 Å². The van der Waals surface area contributed by atoms with E-state index in [2.05, 4.69) is 97.0 Å². The van der Waals surface area contributed by atoms with Crippen LogP contribution in [0.1, 0.15) is 52.0 Å². The van der Waals surface area contributed by atoms with Crippen molar-refractivity contribution < 1.29 is 71.3 Å². The van der Waals surface area contributed by atoms with E-state index in [9.17, 15) is 5.11 Å². The number of aliphatic hydroxyl groups is 1. The first-order valence-electron chi connectivity index (χ1n) is 10.8. The van der Waals surface area contributed by atoms with Crippen molar-refractivity contribution in [2.24, 2.45) is 5.92 Å². The topological polar surface area (TPSA) is 149 Å². The van der Waals surface area contributed by atoms with Gasteiger partial charge in [0.2, 0.25) is 0 Å². The summed E-state index contributed by atoms with van der Waals surface area (Å²) in [5.74, 6) is 3.71. The van der Waals surface area contributed by atoms with Gasteiger partial charge in [0.15, 0.2) is 0 Å². The Balaban J connectivity index is -0.000000101. The molecule has 0 saturated heterocycles. The second kappa shape index (κ2) is 43.4. The summed E-state index contributed by atoms with van der Waals surface area (Å²) in [6.07, 6.45) is 3.91. The van der Waals surface area contributed by atoms with E-state index < -0.39 is 13.7 Å². The van der Waals surface area contributed by atoms with Crippen LogP contribution in [0.5, 0.6) is 0 Å². The molecular weight excluding hydrogens is 610 g/mol. The van der Waals surface area contributed by atoms with E-state index in [1.54, 1.807) is 0 Å². The molecule has 1 aromatic carbocycles. The van der Waals surface area contributed by atoms with Crippen LogP contribution in [0.3, 0.4) is 0 Å². The van der Waals surface area contributed by atoms with Crippen LogP contribution in [-0.2, 0) is 72.8 Å². The first kappa shape index (κ1) is 57.3. The van der Waals surface area contributed by atoms with Gasteiger partial charge in [0.1, 0.15) is 13.7 Å². The summed E-state index contributed by atoms with van der Waals surface area (Å²) in [6, 6.07) is 10.2. The largest absolute Gasteiger partial charge is 0 e. The van der Waals surface area contributed by atoms with Gasteiger partial charge in [-0.05, 0) is 24.8 Å². The minimum atomic E-state index is -1.50. The third-order valence-electron chi connectivity index (χ3n) is 4.11. The van der Waals surface area contributed by atoms with Crippen LogP contribution >= 0.6 is 0 Å². The summed E-state index contributed by atoms with van der Waals surface area (Å²) in [6.45, 7) is 40.5. The predicted octanol–water partition coefficient (Wildman–Crippen LogP) is 5.19. The van der Waals surface area contributed by atoms with Gasteiger partial charge in [-0.3, -0.25) is 0 Å². The molecule has 218 valence electrons. The Labute approximate surface area is 256 Å². The second-order valence-electron chi connectivity index (χ2n) is 8.53. The molecule has 1 aromatic rings. The molecule has 0 aromatic heterocycles. The van der Waals surface area contributed by atoms with Crippen molar-refractivity contribution in [2.75, 3.05) is 0 Å². The maximum Gasteiger partial charge on any atom is 0 e. The number of hydrogen-bond acceptors (Lipinski definition) is 2. The Hall–Kier alpha value is -1.63. The minimum Gasteiger partial charge on any atom is 0 e. The van der Waals surface area contributed by atoms with Gasteiger partial charge < -0.3 is 9.84 Å². The molecule has 0 amide bonds. The molecule has 11 heteroatoms. The first-order chi connectivity index (χ1) is 17.6.